The predicted molar refractivity (Wildman–Crippen MR) is 79.6 cm³/mol. The van der Waals surface area contributed by atoms with E-state index in [0.29, 0.717) is 12.2 Å². The molecule has 108 valence electrons. The Hall–Kier alpha value is -1.53. The van der Waals surface area contributed by atoms with E-state index < -0.39 is 10.0 Å². The molecule has 7 heteroatoms. The Labute approximate surface area is 123 Å². The summed E-state index contributed by atoms with van der Waals surface area (Å²) < 4.78 is 28.2. The normalized spacial score (nSPS) is 11.6. The molecule has 20 heavy (non-hydrogen) atoms. The van der Waals surface area contributed by atoms with Gasteiger partial charge in [0.15, 0.2) is 0 Å². The van der Waals surface area contributed by atoms with E-state index in [9.17, 15) is 8.42 Å². The predicted octanol–water partition coefficient (Wildman–Crippen LogP) is 2.60. The van der Waals surface area contributed by atoms with E-state index in [0.717, 1.165) is 5.56 Å². The second kappa shape index (κ2) is 5.46. The van der Waals surface area contributed by atoms with Crippen LogP contribution in [0.1, 0.15) is 12.5 Å². The van der Waals surface area contributed by atoms with Crippen molar-refractivity contribution in [3.05, 3.63) is 41.3 Å². The van der Waals surface area contributed by atoms with E-state index >= 15 is 0 Å². The van der Waals surface area contributed by atoms with Crippen LogP contribution in [0.4, 0.5) is 5.69 Å². The molecule has 5 nitrogen and oxygen atoms in total. The van der Waals surface area contributed by atoms with Gasteiger partial charge in [-0.25, -0.2) is 4.98 Å². The Bertz CT molecular complexity index is 725. The number of halogens is 1. The molecule has 0 spiro atoms. The fourth-order valence-corrected chi connectivity index (χ4v) is 3.92. The van der Waals surface area contributed by atoms with Crippen LogP contribution >= 0.6 is 11.6 Å². The third-order valence-corrected chi connectivity index (χ3v) is 5.42. The topological polar surface area (TPSA) is 55.2 Å². The third-order valence-electron chi connectivity index (χ3n) is 3.04. The summed E-state index contributed by atoms with van der Waals surface area (Å²) in [6.07, 6.45) is 1.39. The largest absolute Gasteiger partial charge is 0.324 e. The lowest BCUT2D eigenvalue weighted by Gasteiger charge is -2.23. The Balaban J connectivity index is 2.57. The van der Waals surface area contributed by atoms with E-state index in [1.165, 1.54) is 15.2 Å². The highest BCUT2D eigenvalue weighted by Gasteiger charge is 2.29. The number of para-hydroxylation sites is 1. The summed E-state index contributed by atoms with van der Waals surface area (Å²) in [5, 5.41) is -0.0104. The third kappa shape index (κ3) is 2.41. The van der Waals surface area contributed by atoms with Crippen LogP contribution in [0.2, 0.25) is 5.15 Å². The molecule has 0 radical (unpaired) electrons. The molecule has 0 aliphatic rings. The number of anilines is 1. The lowest BCUT2D eigenvalue weighted by atomic mass is 10.2. The van der Waals surface area contributed by atoms with Crippen molar-refractivity contribution in [3.63, 3.8) is 0 Å². The average molecular weight is 314 g/mol. The van der Waals surface area contributed by atoms with Gasteiger partial charge in [0.25, 0.3) is 10.0 Å². The molecular weight excluding hydrogens is 298 g/mol. The van der Waals surface area contributed by atoms with Gasteiger partial charge in [0.2, 0.25) is 5.03 Å². The van der Waals surface area contributed by atoms with Gasteiger partial charge in [-0.2, -0.15) is 8.42 Å². The van der Waals surface area contributed by atoms with Crippen molar-refractivity contribution in [3.8, 4) is 0 Å². The van der Waals surface area contributed by atoms with Crippen LogP contribution in [-0.2, 0) is 17.1 Å². The van der Waals surface area contributed by atoms with Gasteiger partial charge in [0, 0.05) is 13.6 Å². The molecule has 1 aromatic carbocycles. The molecule has 2 rings (SSSR count). The van der Waals surface area contributed by atoms with Crippen LogP contribution in [0.15, 0.2) is 35.6 Å². The van der Waals surface area contributed by atoms with Gasteiger partial charge in [0.05, 0.1) is 12.0 Å². The van der Waals surface area contributed by atoms with Crippen LogP contribution in [-0.4, -0.2) is 24.5 Å². The standard InChI is InChI=1S/C13H16ClN3O2S/c1-4-17(11-8-6-5-7-10(11)2)20(18,19)13-12(14)16(3)9-15-13/h5-9H,4H2,1-3H3. The highest BCUT2D eigenvalue weighted by Crippen LogP contribution is 2.28. The maximum Gasteiger partial charge on any atom is 0.284 e. The smallest absolute Gasteiger partial charge is 0.284 e. The fourth-order valence-electron chi connectivity index (χ4n) is 1.98. The number of benzene rings is 1. The fraction of sp³-hybridized carbons (Fsp3) is 0.308. The van der Waals surface area contributed by atoms with E-state index in [1.54, 1.807) is 26.1 Å². The molecule has 1 heterocycles. The number of aryl methyl sites for hydroxylation is 2. The second-order valence-electron chi connectivity index (χ2n) is 4.41. The van der Waals surface area contributed by atoms with Crippen LogP contribution in [0.5, 0.6) is 0 Å². The molecule has 0 atom stereocenters. The first-order valence-electron chi connectivity index (χ1n) is 6.14. The first kappa shape index (κ1) is 14.9. The number of rotatable bonds is 4. The SMILES string of the molecule is CCN(c1ccccc1C)S(=O)(=O)c1ncn(C)c1Cl. The van der Waals surface area contributed by atoms with Crippen molar-refractivity contribution in [2.75, 3.05) is 10.8 Å². The van der Waals surface area contributed by atoms with Gasteiger partial charge in [-0.05, 0) is 25.5 Å². The number of nitrogens with zero attached hydrogens (tertiary/aromatic N) is 3. The van der Waals surface area contributed by atoms with Crippen LogP contribution < -0.4 is 4.31 Å². The van der Waals surface area contributed by atoms with Crippen molar-refractivity contribution >= 4 is 27.3 Å². The Morgan fingerprint density at radius 2 is 2.00 bits per heavy atom. The maximum atomic E-state index is 12.7. The van der Waals surface area contributed by atoms with Gasteiger partial charge >= 0.3 is 0 Å². The average Bonchev–Trinajstić information content (AvgIpc) is 2.73. The van der Waals surface area contributed by atoms with E-state index in [2.05, 4.69) is 4.98 Å². The van der Waals surface area contributed by atoms with Crippen molar-refractivity contribution in [1.29, 1.82) is 0 Å². The molecule has 0 fully saturated rings. The lowest BCUT2D eigenvalue weighted by molar-refractivity contribution is 0.588. The molecule has 0 N–H and O–H groups in total. The molecule has 0 bridgehead atoms. The summed E-state index contributed by atoms with van der Waals surface area (Å²) in [7, 11) is -2.12. The zero-order valence-corrected chi connectivity index (χ0v) is 13.1. The van der Waals surface area contributed by atoms with Crippen LogP contribution in [0, 0.1) is 6.92 Å². The maximum absolute atomic E-state index is 12.7. The van der Waals surface area contributed by atoms with Crippen molar-refractivity contribution in [2.45, 2.75) is 18.9 Å². The minimum Gasteiger partial charge on any atom is -0.324 e. The molecule has 0 saturated heterocycles. The van der Waals surface area contributed by atoms with Gasteiger partial charge in [-0.1, -0.05) is 29.8 Å². The van der Waals surface area contributed by atoms with E-state index in [1.807, 2.05) is 19.1 Å². The lowest BCUT2D eigenvalue weighted by Crippen LogP contribution is -2.31. The van der Waals surface area contributed by atoms with Gasteiger partial charge in [-0.15, -0.1) is 0 Å². The van der Waals surface area contributed by atoms with Crippen LogP contribution in [0.3, 0.4) is 0 Å². The molecule has 1 aromatic heterocycles. The number of hydrogen-bond donors (Lipinski definition) is 0. The van der Waals surface area contributed by atoms with E-state index in [4.69, 9.17) is 11.6 Å². The molecule has 0 saturated carbocycles. The molecular formula is C13H16ClN3O2S. The quantitative estimate of drug-likeness (QED) is 0.872. The molecule has 0 unspecified atom stereocenters. The summed E-state index contributed by atoms with van der Waals surface area (Å²) in [4.78, 5) is 3.91. The number of imidazole rings is 1. The zero-order chi connectivity index (χ0) is 14.9. The summed E-state index contributed by atoms with van der Waals surface area (Å²) >= 11 is 6.02. The number of sulfonamides is 1. The minimum atomic E-state index is -3.77. The first-order valence-corrected chi connectivity index (χ1v) is 7.96. The number of aromatic nitrogens is 2. The molecule has 2 aromatic rings. The van der Waals surface area contributed by atoms with Crippen LogP contribution in [0.25, 0.3) is 0 Å². The Morgan fingerprint density at radius 1 is 1.35 bits per heavy atom. The molecule has 0 aliphatic carbocycles. The number of hydrogen-bond acceptors (Lipinski definition) is 3. The first-order chi connectivity index (χ1) is 9.39. The summed E-state index contributed by atoms with van der Waals surface area (Å²) in [5.74, 6) is 0. The Morgan fingerprint density at radius 3 is 2.50 bits per heavy atom. The summed E-state index contributed by atoms with van der Waals surface area (Å²) in [5.41, 5.74) is 1.52. The van der Waals surface area contributed by atoms with Crippen molar-refractivity contribution in [2.24, 2.45) is 7.05 Å². The van der Waals surface area contributed by atoms with Crippen molar-refractivity contribution in [1.82, 2.24) is 9.55 Å². The van der Waals surface area contributed by atoms with Crippen molar-refractivity contribution < 1.29 is 8.42 Å². The zero-order valence-electron chi connectivity index (χ0n) is 11.5. The monoisotopic (exact) mass is 313 g/mol. The minimum absolute atomic E-state index is 0.108. The Kier molecular flexibility index (Phi) is 4.06. The highest BCUT2D eigenvalue weighted by atomic mass is 35.5. The summed E-state index contributed by atoms with van der Waals surface area (Å²) in [6.45, 7) is 3.95. The highest BCUT2D eigenvalue weighted by molar-refractivity contribution is 7.92. The molecule has 0 aliphatic heterocycles. The molecule has 0 amide bonds. The van der Waals surface area contributed by atoms with Gasteiger partial charge < -0.3 is 4.57 Å². The summed E-state index contributed by atoms with van der Waals surface area (Å²) in [6, 6.07) is 7.31. The second-order valence-corrected chi connectivity index (χ2v) is 6.54. The van der Waals surface area contributed by atoms with E-state index in [-0.39, 0.29) is 10.2 Å². The van der Waals surface area contributed by atoms with Gasteiger partial charge in [0.1, 0.15) is 5.15 Å². The van der Waals surface area contributed by atoms with Gasteiger partial charge in [-0.3, -0.25) is 4.31 Å².